The standard InChI is InChI=1S/C28H36FN5O4/c1-3-4-16-38-17-8-15-32-19-24-33(26(27(32)36)22-9-6-5-7-10-22)25(35)20-31(2)34(24)28(37)30-18-21-11-13-23(29)14-12-21/h5-7,9-14,24,26H,3-4,8,15-20H2,1-2H3,(H,30,37)/t24-,26-/m0/s1. The molecule has 2 saturated heterocycles. The molecule has 2 aromatic carbocycles. The molecule has 204 valence electrons. The van der Waals surface area contributed by atoms with Crippen LogP contribution in [0.1, 0.15) is 43.4 Å². The van der Waals surface area contributed by atoms with Gasteiger partial charge in [0.15, 0.2) is 0 Å². The molecule has 2 aromatic rings. The number of halogens is 1. The third kappa shape index (κ3) is 6.31. The first-order valence-corrected chi connectivity index (χ1v) is 13.2. The van der Waals surface area contributed by atoms with Gasteiger partial charge in [0.25, 0.3) is 0 Å². The number of hydrazine groups is 1. The molecule has 0 saturated carbocycles. The van der Waals surface area contributed by atoms with Crippen LogP contribution in [0.5, 0.6) is 0 Å². The van der Waals surface area contributed by atoms with Gasteiger partial charge in [-0.2, -0.15) is 0 Å². The molecule has 9 nitrogen and oxygen atoms in total. The maximum absolute atomic E-state index is 13.7. The molecule has 10 heteroatoms. The number of carbonyl (C=O) groups is 3. The summed E-state index contributed by atoms with van der Waals surface area (Å²) in [4.78, 5) is 43.7. The summed E-state index contributed by atoms with van der Waals surface area (Å²) in [6, 6.07) is 13.9. The lowest BCUT2D eigenvalue weighted by molar-refractivity contribution is -0.187. The summed E-state index contributed by atoms with van der Waals surface area (Å²) < 4.78 is 19.0. The maximum Gasteiger partial charge on any atom is 0.334 e. The molecule has 2 heterocycles. The Bertz CT molecular complexity index is 1100. The molecule has 0 aromatic heterocycles. The van der Waals surface area contributed by atoms with Crippen LogP contribution in [-0.2, 0) is 20.9 Å². The Morgan fingerprint density at radius 2 is 1.76 bits per heavy atom. The van der Waals surface area contributed by atoms with Crippen LogP contribution in [0, 0.1) is 5.82 Å². The summed E-state index contributed by atoms with van der Waals surface area (Å²) in [7, 11) is 1.69. The van der Waals surface area contributed by atoms with Gasteiger partial charge in [0, 0.05) is 33.4 Å². The summed E-state index contributed by atoms with van der Waals surface area (Å²) in [5.41, 5.74) is 1.45. The highest BCUT2D eigenvalue weighted by atomic mass is 19.1. The minimum Gasteiger partial charge on any atom is -0.381 e. The fourth-order valence-corrected chi connectivity index (χ4v) is 4.92. The summed E-state index contributed by atoms with van der Waals surface area (Å²) in [5, 5.41) is 5.98. The van der Waals surface area contributed by atoms with E-state index in [1.165, 1.54) is 17.1 Å². The first-order valence-electron chi connectivity index (χ1n) is 13.2. The van der Waals surface area contributed by atoms with Gasteiger partial charge in [0.2, 0.25) is 11.8 Å². The first kappa shape index (κ1) is 27.5. The van der Waals surface area contributed by atoms with Crippen molar-refractivity contribution >= 4 is 17.8 Å². The number of piperazine rings is 1. The quantitative estimate of drug-likeness (QED) is 0.482. The van der Waals surface area contributed by atoms with Crippen molar-refractivity contribution in [3.63, 3.8) is 0 Å². The summed E-state index contributed by atoms with van der Waals surface area (Å²) in [6.07, 6.45) is 2.02. The van der Waals surface area contributed by atoms with E-state index in [1.54, 1.807) is 34.0 Å². The van der Waals surface area contributed by atoms with Gasteiger partial charge in [-0.3, -0.25) is 9.59 Å². The third-order valence-electron chi connectivity index (χ3n) is 6.87. The molecule has 38 heavy (non-hydrogen) atoms. The Labute approximate surface area is 223 Å². The number of nitrogens with one attached hydrogen (secondary N) is 1. The Balaban J connectivity index is 1.55. The second kappa shape index (κ2) is 12.8. The van der Waals surface area contributed by atoms with E-state index in [9.17, 15) is 18.8 Å². The number of benzene rings is 2. The van der Waals surface area contributed by atoms with Crippen LogP contribution >= 0.6 is 0 Å². The van der Waals surface area contributed by atoms with Crippen LogP contribution in [0.15, 0.2) is 54.6 Å². The molecule has 0 unspecified atom stereocenters. The number of nitrogens with zero attached hydrogens (tertiary/aromatic N) is 4. The zero-order valence-corrected chi connectivity index (χ0v) is 22.0. The number of ether oxygens (including phenoxy) is 1. The number of amides is 4. The van der Waals surface area contributed by atoms with Crippen LogP contribution in [0.2, 0.25) is 0 Å². The van der Waals surface area contributed by atoms with Gasteiger partial charge in [0.1, 0.15) is 18.0 Å². The van der Waals surface area contributed by atoms with Crippen molar-refractivity contribution in [1.29, 1.82) is 0 Å². The van der Waals surface area contributed by atoms with E-state index < -0.39 is 18.2 Å². The number of hydrogen-bond acceptors (Lipinski definition) is 5. The average molecular weight is 526 g/mol. The van der Waals surface area contributed by atoms with Crippen LogP contribution in [0.25, 0.3) is 0 Å². The topological polar surface area (TPSA) is 85.4 Å². The minimum atomic E-state index is -0.829. The molecule has 0 bridgehead atoms. The highest BCUT2D eigenvalue weighted by molar-refractivity contribution is 5.92. The van der Waals surface area contributed by atoms with Crippen LogP contribution in [0.4, 0.5) is 9.18 Å². The summed E-state index contributed by atoms with van der Waals surface area (Å²) >= 11 is 0. The van der Waals surface area contributed by atoms with Gasteiger partial charge in [-0.05, 0) is 36.1 Å². The lowest BCUT2D eigenvalue weighted by atomic mass is 9.98. The molecule has 4 rings (SSSR count). The summed E-state index contributed by atoms with van der Waals surface area (Å²) in [6.45, 7) is 4.14. The smallest absolute Gasteiger partial charge is 0.334 e. The Hall–Kier alpha value is -3.50. The van der Waals surface area contributed by atoms with Crippen molar-refractivity contribution in [2.24, 2.45) is 0 Å². The van der Waals surface area contributed by atoms with Crippen molar-refractivity contribution in [2.45, 2.75) is 44.9 Å². The highest BCUT2D eigenvalue weighted by Crippen LogP contribution is 2.34. The highest BCUT2D eigenvalue weighted by Gasteiger charge is 2.51. The Morgan fingerprint density at radius 1 is 1.05 bits per heavy atom. The minimum absolute atomic E-state index is 0.0393. The van der Waals surface area contributed by atoms with E-state index in [1.807, 2.05) is 30.3 Å². The fraction of sp³-hybridized carbons (Fsp3) is 0.464. The predicted octanol–water partition coefficient (Wildman–Crippen LogP) is 3.14. The molecule has 2 aliphatic rings. The zero-order chi connectivity index (χ0) is 27.1. The van der Waals surface area contributed by atoms with Gasteiger partial charge in [-0.1, -0.05) is 55.8 Å². The molecule has 1 N–H and O–H groups in total. The van der Waals surface area contributed by atoms with Gasteiger partial charge < -0.3 is 19.9 Å². The van der Waals surface area contributed by atoms with Crippen molar-refractivity contribution in [1.82, 2.24) is 25.1 Å². The second-order valence-corrected chi connectivity index (χ2v) is 9.64. The monoisotopic (exact) mass is 525 g/mol. The maximum atomic E-state index is 13.7. The zero-order valence-electron chi connectivity index (χ0n) is 22.0. The molecule has 2 fully saturated rings. The normalized spacial score (nSPS) is 20.0. The Morgan fingerprint density at radius 3 is 2.47 bits per heavy atom. The second-order valence-electron chi connectivity index (χ2n) is 9.64. The van der Waals surface area contributed by atoms with Gasteiger partial charge in [-0.25, -0.2) is 19.2 Å². The van der Waals surface area contributed by atoms with Gasteiger partial charge >= 0.3 is 6.03 Å². The number of unbranched alkanes of at least 4 members (excludes halogenated alkanes) is 1. The van der Waals surface area contributed by atoms with Gasteiger partial charge in [-0.15, -0.1) is 0 Å². The predicted molar refractivity (Wildman–Crippen MR) is 140 cm³/mol. The van der Waals surface area contributed by atoms with E-state index in [0.717, 1.165) is 18.4 Å². The van der Waals surface area contributed by atoms with Crippen molar-refractivity contribution < 1.29 is 23.5 Å². The number of rotatable bonds is 10. The third-order valence-corrected chi connectivity index (χ3v) is 6.87. The van der Waals surface area contributed by atoms with E-state index >= 15 is 0 Å². The van der Waals surface area contributed by atoms with E-state index in [4.69, 9.17) is 4.74 Å². The fourth-order valence-electron chi connectivity index (χ4n) is 4.92. The number of likely N-dealkylation sites (N-methyl/N-ethyl adjacent to an activating group) is 1. The number of fused-ring (bicyclic) bond motifs is 1. The first-order chi connectivity index (χ1) is 18.4. The number of hydrogen-bond donors (Lipinski definition) is 1. The average Bonchev–Trinajstić information content (AvgIpc) is 2.91. The lowest BCUT2D eigenvalue weighted by Gasteiger charge is -2.54. The van der Waals surface area contributed by atoms with Crippen LogP contribution in [-0.4, -0.2) is 83.7 Å². The molecule has 0 radical (unpaired) electrons. The van der Waals surface area contributed by atoms with E-state index in [0.29, 0.717) is 31.7 Å². The van der Waals surface area contributed by atoms with Crippen LogP contribution < -0.4 is 5.32 Å². The van der Waals surface area contributed by atoms with Crippen molar-refractivity contribution in [3.8, 4) is 0 Å². The SMILES string of the molecule is CCCCOCCCN1C[C@H]2N(C(=O)CN(C)N2C(=O)NCc2ccc(F)cc2)[C@@H](c2ccccc2)C1=O. The van der Waals surface area contributed by atoms with Gasteiger partial charge in [0.05, 0.1) is 13.1 Å². The summed E-state index contributed by atoms with van der Waals surface area (Å²) in [5.74, 6) is -0.727. The molecular formula is C28H36FN5O4. The van der Waals surface area contributed by atoms with Crippen molar-refractivity contribution in [3.05, 3.63) is 71.5 Å². The Kier molecular flexibility index (Phi) is 9.30. The molecule has 0 aliphatic carbocycles. The molecular weight excluding hydrogens is 489 g/mol. The number of urea groups is 1. The molecule has 4 amide bonds. The van der Waals surface area contributed by atoms with E-state index in [2.05, 4.69) is 12.2 Å². The molecule has 2 atom stereocenters. The van der Waals surface area contributed by atoms with E-state index in [-0.39, 0.29) is 37.3 Å². The lowest BCUT2D eigenvalue weighted by Crippen LogP contribution is -2.73. The number of carbonyl (C=O) groups excluding carboxylic acids is 3. The molecule has 0 spiro atoms. The molecule has 2 aliphatic heterocycles. The largest absolute Gasteiger partial charge is 0.381 e. The van der Waals surface area contributed by atoms with Crippen LogP contribution in [0.3, 0.4) is 0 Å². The van der Waals surface area contributed by atoms with Crippen molar-refractivity contribution in [2.75, 3.05) is 39.9 Å².